The first-order valence-electron chi connectivity index (χ1n) is 4.26. The summed E-state index contributed by atoms with van der Waals surface area (Å²) in [6, 6.07) is 2.21. The summed E-state index contributed by atoms with van der Waals surface area (Å²) < 4.78 is 0. The number of fused-ring (bicyclic) bond motifs is 1. The summed E-state index contributed by atoms with van der Waals surface area (Å²) in [7, 11) is 0. The molecular weight excluding hydrogens is 148 g/mol. The molecule has 2 rings (SSSR count). The van der Waals surface area contributed by atoms with Crippen molar-refractivity contribution in [1.29, 1.82) is 0 Å². The smallest absolute Gasteiger partial charge is 0.0858 e. The van der Waals surface area contributed by atoms with E-state index < -0.39 is 0 Å². The van der Waals surface area contributed by atoms with Crippen molar-refractivity contribution >= 4 is 6.21 Å². The van der Waals surface area contributed by atoms with E-state index in [2.05, 4.69) is 29.9 Å². The summed E-state index contributed by atoms with van der Waals surface area (Å²) in [5, 5.41) is 0. The Morgan fingerprint density at radius 2 is 2.25 bits per heavy atom. The van der Waals surface area contributed by atoms with Crippen LogP contribution in [0.5, 0.6) is 0 Å². The third-order valence-corrected chi connectivity index (χ3v) is 2.16. The Bertz CT molecular complexity index is 327. The van der Waals surface area contributed by atoms with E-state index in [0.29, 0.717) is 5.92 Å². The quantitative estimate of drug-likeness (QED) is 0.617. The average Bonchev–Trinajstić information content (AvgIpc) is 2.49. The van der Waals surface area contributed by atoms with Crippen LogP contribution in [-0.4, -0.2) is 11.2 Å². The Morgan fingerprint density at radius 3 is 3.00 bits per heavy atom. The molecule has 62 valence electrons. The summed E-state index contributed by atoms with van der Waals surface area (Å²) in [5.41, 5.74) is 3.61. The van der Waals surface area contributed by atoms with Crippen LogP contribution in [0.25, 0.3) is 0 Å². The Morgan fingerprint density at radius 1 is 1.42 bits per heavy atom. The molecule has 1 aromatic heterocycles. The molecule has 0 radical (unpaired) electrons. The molecule has 0 aliphatic carbocycles. The van der Waals surface area contributed by atoms with Crippen LogP contribution in [0.2, 0.25) is 0 Å². The molecule has 0 bridgehead atoms. The number of aliphatic imine (C=N–C) groups is 1. The molecule has 1 aliphatic heterocycles. The van der Waals surface area contributed by atoms with E-state index in [4.69, 9.17) is 0 Å². The van der Waals surface area contributed by atoms with Crippen LogP contribution in [0.1, 0.15) is 36.6 Å². The van der Waals surface area contributed by atoms with Crippen LogP contribution < -0.4 is 0 Å². The molecule has 2 heterocycles. The van der Waals surface area contributed by atoms with Gasteiger partial charge < -0.3 is 0 Å². The van der Waals surface area contributed by atoms with Crippen molar-refractivity contribution in [3.63, 3.8) is 0 Å². The highest BCUT2D eigenvalue weighted by Gasteiger charge is 2.09. The van der Waals surface area contributed by atoms with Gasteiger partial charge in [-0.25, -0.2) is 0 Å². The number of aromatic nitrogens is 1. The Hall–Kier alpha value is -1.18. The maximum atomic E-state index is 4.33. The summed E-state index contributed by atoms with van der Waals surface area (Å²) in [6.45, 7) is 5.17. The Kier molecular flexibility index (Phi) is 1.68. The van der Waals surface area contributed by atoms with Crippen molar-refractivity contribution in [3.05, 3.63) is 29.1 Å². The van der Waals surface area contributed by atoms with Gasteiger partial charge in [-0.15, -0.1) is 0 Å². The van der Waals surface area contributed by atoms with E-state index in [1.165, 1.54) is 11.1 Å². The SMILES string of the molecule is CC(C)c1cnc2c(c1)CN=C2. The number of nitrogens with zero attached hydrogens (tertiary/aromatic N) is 2. The maximum Gasteiger partial charge on any atom is 0.0858 e. The van der Waals surface area contributed by atoms with Crippen LogP contribution in [0.15, 0.2) is 17.3 Å². The zero-order valence-corrected chi connectivity index (χ0v) is 7.41. The molecule has 1 aliphatic rings. The molecule has 0 spiro atoms. The van der Waals surface area contributed by atoms with E-state index in [1.807, 2.05) is 12.4 Å². The highest BCUT2D eigenvalue weighted by Crippen LogP contribution is 2.19. The Balaban J connectivity index is 2.42. The van der Waals surface area contributed by atoms with Crippen molar-refractivity contribution in [3.8, 4) is 0 Å². The van der Waals surface area contributed by atoms with Gasteiger partial charge in [0.2, 0.25) is 0 Å². The standard InChI is InChI=1S/C10H12N2/c1-7(2)8-3-9-4-11-6-10(9)12-5-8/h3,5-7H,4H2,1-2H3. The van der Waals surface area contributed by atoms with Crippen LogP contribution in [0.3, 0.4) is 0 Å². The first-order chi connectivity index (χ1) is 5.77. The van der Waals surface area contributed by atoms with E-state index in [9.17, 15) is 0 Å². The second-order valence-corrected chi connectivity index (χ2v) is 3.44. The van der Waals surface area contributed by atoms with Crippen LogP contribution in [0.4, 0.5) is 0 Å². The molecule has 0 aromatic carbocycles. The number of hydrogen-bond acceptors (Lipinski definition) is 2. The van der Waals surface area contributed by atoms with E-state index in [-0.39, 0.29) is 0 Å². The van der Waals surface area contributed by atoms with Gasteiger partial charge >= 0.3 is 0 Å². The van der Waals surface area contributed by atoms with Crippen molar-refractivity contribution in [2.45, 2.75) is 26.3 Å². The van der Waals surface area contributed by atoms with E-state index in [1.54, 1.807) is 0 Å². The normalized spacial score (nSPS) is 13.9. The lowest BCUT2D eigenvalue weighted by Crippen LogP contribution is -1.94. The zero-order valence-electron chi connectivity index (χ0n) is 7.41. The fourth-order valence-electron chi connectivity index (χ4n) is 1.33. The van der Waals surface area contributed by atoms with Gasteiger partial charge in [0.25, 0.3) is 0 Å². The highest BCUT2D eigenvalue weighted by molar-refractivity contribution is 5.81. The Labute approximate surface area is 72.4 Å². The molecule has 0 amide bonds. The lowest BCUT2D eigenvalue weighted by Gasteiger charge is -2.05. The van der Waals surface area contributed by atoms with Crippen LogP contribution in [-0.2, 0) is 6.54 Å². The third-order valence-electron chi connectivity index (χ3n) is 2.16. The van der Waals surface area contributed by atoms with Gasteiger partial charge in [0.15, 0.2) is 0 Å². The molecule has 0 saturated heterocycles. The summed E-state index contributed by atoms with van der Waals surface area (Å²) in [4.78, 5) is 8.50. The average molecular weight is 160 g/mol. The minimum absolute atomic E-state index is 0.559. The molecule has 2 heteroatoms. The van der Waals surface area contributed by atoms with Crippen LogP contribution in [0, 0.1) is 0 Å². The minimum atomic E-state index is 0.559. The molecular formula is C10H12N2. The monoisotopic (exact) mass is 160 g/mol. The molecule has 0 atom stereocenters. The van der Waals surface area contributed by atoms with Gasteiger partial charge in [-0.1, -0.05) is 13.8 Å². The van der Waals surface area contributed by atoms with Gasteiger partial charge in [0.05, 0.1) is 12.2 Å². The fourth-order valence-corrected chi connectivity index (χ4v) is 1.33. The fraction of sp³-hybridized carbons (Fsp3) is 0.400. The summed E-state index contributed by atoms with van der Waals surface area (Å²) in [6.07, 6.45) is 3.79. The predicted molar refractivity (Wildman–Crippen MR) is 49.6 cm³/mol. The van der Waals surface area contributed by atoms with Gasteiger partial charge in [-0.05, 0) is 17.5 Å². The first-order valence-corrected chi connectivity index (χ1v) is 4.26. The molecule has 12 heavy (non-hydrogen) atoms. The molecule has 0 saturated carbocycles. The van der Waals surface area contributed by atoms with Crippen molar-refractivity contribution in [1.82, 2.24) is 4.98 Å². The lowest BCUT2D eigenvalue weighted by atomic mass is 10.0. The van der Waals surface area contributed by atoms with Gasteiger partial charge in [0, 0.05) is 18.0 Å². The van der Waals surface area contributed by atoms with Gasteiger partial charge in [0.1, 0.15) is 0 Å². The van der Waals surface area contributed by atoms with Crippen LogP contribution >= 0.6 is 0 Å². The minimum Gasteiger partial charge on any atom is -0.286 e. The first kappa shape index (κ1) is 7.47. The van der Waals surface area contributed by atoms with Gasteiger partial charge in [-0.2, -0.15) is 0 Å². The van der Waals surface area contributed by atoms with E-state index >= 15 is 0 Å². The number of rotatable bonds is 1. The topological polar surface area (TPSA) is 25.2 Å². The molecule has 0 fully saturated rings. The summed E-state index contributed by atoms with van der Waals surface area (Å²) >= 11 is 0. The third kappa shape index (κ3) is 1.13. The molecule has 0 unspecified atom stereocenters. The molecule has 2 nitrogen and oxygen atoms in total. The van der Waals surface area contributed by atoms with Crippen molar-refractivity contribution in [2.75, 3.05) is 0 Å². The highest BCUT2D eigenvalue weighted by atomic mass is 14.8. The molecule has 0 N–H and O–H groups in total. The van der Waals surface area contributed by atoms with Crippen molar-refractivity contribution in [2.24, 2.45) is 4.99 Å². The lowest BCUT2D eigenvalue weighted by molar-refractivity contribution is 0.852. The number of hydrogen-bond donors (Lipinski definition) is 0. The number of pyridine rings is 1. The summed E-state index contributed by atoms with van der Waals surface area (Å²) in [5.74, 6) is 0.559. The maximum absolute atomic E-state index is 4.33. The second kappa shape index (κ2) is 2.70. The van der Waals surface area contributed by atoms with Gasteiger partial charge in [-0.3, -0.25) is 9.98 Å². The van der Waals surface area contributed by atoms with E-state index in [0.717, 1.165) is 12.2 Å². The molecule has 1 aromatic rings. The second-order valence-electron chi connectivity index (χ2n) is 3.44. The van der Waals surface area contributed by atoms with Crippen molar-refractivity contribution < 1.29 is 0 Å². The largest absolute Gasteiger partial charge is 0.286 e. The zero-order chi connectivity index (χ0) is 8.55. The predicted octanol–water partition coefficient (Wildman–Crippen LogP) is 2.14.